The lowest BCUT2D eigenvalue weighted by atomic mass is 10.3. The number of nitrogens with zero attached hydrogens (tertiary/aromatic N) is 3. The van der Waals surface area contributed by atoms with Gasteiger partial charge in [0, 0.05) is 12.2 Å². The molecule has 21 heavy (non-hydrogen) atoms. The van der Waals surface area contributed by atoms with Crippen LogP contribution in [0.1, 0.15) is 13.8 Å². The standard InChI is InChI=1S/C13H15ClFN5O/c1-3-16-11-18-12(20-13(19-11)21-4-2)17-8-5-6-10(15)9(14)7-8/h5-7H,3-4H2,1-2H3,(H2,16,17,18,19,20). The summed E-state index contributed by atoms with van der Waals surface area (Å²) < 4.78 is 18.4. The Bertz CT molecular complexity index is 601. The minimum atomic E-state index is -0.485. The Morgan fingerprint density at radius 1 is 1.19 bits per heavy atom. The van der Waals surface area contributed by atoms with Gasteiger partial charge in [-0.25, -0.2) is 4.39 Å². The van der Waals surface area contributed by atoms with E-state index in [1.54, 1.807) is 0 Å². The highest BCUT2D eigenvalue weighted by Crippen LogP contribution is 2.22. The average molecular weight is 312 g/mol. The normalized spacial score (nSPS) is 10.3. The van der Waals surface area contributed by atoms with E-state index in [0.29, 0.717) is 24.8 Å². The fourth-order valence-electron chi connectivity index (χ4n) is 1.55. The van der Waals surface area contributed by atoms with E-state index in [0.717, 1.165) is 0 Å². The smallest absolute Gasteiger partial charge is 0.323 e. The molecule has 0 saturated carbocycles. The molecule has 8 heteroatoms. The molecule has 0 spiro atoms. The van der Waals surface area contributed by atoms with Crippen molar-refractivity contribution in [3.63, 3.8) is 0 Å². The van der Waals surface area contributed by atoms with Crippen molar-refractivity contribution in [3.05, 3.63) is 29.0 Å². The van der Waals surface area contributed by atoms with Crippen molar-refractivity contribution in [1.82, 2.24) is 15.0 Å². The van der Waals surface area contributed by atoms with E-state index < -0.39 is 5.82 Å². The lowest BCUT2D eigenvalue weighted by Gasteiger charge is -2.09. The second-order valence-corrected chi connectivity index (χ2v) is 4.39. The topological polar surface area (TPSA) is 72.0 Å². The maximum absolute atomic E-state index is 13.1. The molecular weight excluding hydrogens is 297 g/mol. The molecule has 1 aromatic carbocycles. The molecule has 0 aliphatic heterocycles. The summed E-state index contributed by atoms with van der Waals surface area (Å²) in [6, 6.07) is 4.46. The van der Waals surface area contributed by atoms with Gasteiger partial charge in [-0.2, -0.15) is 15.0 Å². The molecular formula is C13H15ClFN5O. The highest BCUT2D eigenvalue weighted by molar-refractivity contribution is 6.31. The Hall–Kier alpha value is -2.15. The van der Waals surface area contributed by atoms with Gasteiger partial charge in [0.1, 0.15) is 5.82 Å². The van der Waals surface area contributed by atoms with Gasteiger partial charge >= 0.3 is 6.01 Å². The number of benzene rings is 1. The van der Waals surface area contributed by atoms with Gasteiger partial charge in [-0.1, -0.05) is 11.6 Å². The Balaban J connectivity index is 2.26. The van der Waals surface area contributed by atoms with Crippen molar-refractivity contribution < 1.29 is 9.13 Å². The maximum atomic E-state index is 13.1. The van der Waals surface area contributed by atoms with Crippen LogP contribution in [0, 0.1) is 5.82 Å². The molecule has 2 aromatic rings. The third-order valence-electron chi connectivity index (χ3n) is 2.40. The van der Waals surface area contributed by atoms with Gasteiger partial charge in [0.05, 0.1) is 11.6 Å². The second kappa shape index (κ2) is 7.03. The molecule has 1 heterocycles. The molecule has 6 nitrogen and oxygen atoms in total. The first kappa shape index (κ1) is 15.2. The monoisotopic (exact) mass is 311 g/mol. The Morgan fingerprint density at radius 3 is 2.62 bits per heavy atom. The first-order chi connectivity index (χ1) is 10.1. The van der Waals surface area contributed by atoms with Crippen LogP contribution in [0.25, 0.3) is 0 Å². The molecule has 2 N–H and O–H groups in total. The van der Waals surface area contributed by atoms with Crippen LogP contribution in [0.3, 0.4) is 0 Å². The predicted molar refractivity (Wildman–Crippen MR) is 79.9 cm³/mol. The van der Waals surface area contributed by atoms with Crippen LogP contribution in [0.2, 0.25) is 5.02 Å². The molecule has 0 unspecified atom stereocenters. The number of ether oxygens (including phenoxy) is 1. The van der Waals surface area contributed by atoms with E-state index in [1.165, 1.54) is 18.2 Å². The number of nitrogens with one attached hydrogen (secondary N) is 2. The van der Waals surface area contributed by atoms with Crippen molar-refractivity contribution >= 4 is 29.2 Å². The third-order valence-corrected chi connectivity index (χ3v) is 2.69. The van der Waals surface area contributed by atoms with E-state index in [4.69, 9.17) is 16.3 Å². The van der Waals surface area contributed by atoms with Gasteiger partial charge in [0.15, 0.2) is 0 Å². The minimum Gasteiger partial charge on any atom is -0.464 e. The zero-order valence-corrected chi connectivity index (χ0v) is 12.4. The quantitative estimate of drug-likeness (QED) is 0.853. The number of hydrogen-bond acceptors (Lipinski definition) is 6. The maximum Gasteiger partial charge on any atom is 0.323 e. The van der Waals surface area contributed by atoms with Crippen molar-refractivity contribution in [2.45, 2.75) is 13.8 Å². The van der Waals surface area contributed by atoms with Crippen LogP contribution in [0.5, 0.6) is 6.01 Å². The number of anilines is 3. The highest BCUT2D eigenvalue weighted by atomic mass is 35.5. The zero-order chi connectivity index (χ0) is 15.2. The summed E-state index contributed by atoms with van der Waals surface area (Å²) in [6.07, 6.45) is 0. The number of aromatic nitrogens is 3. The van der Waals surface area contributed by atoms with E-state index in [2.05, 4.69) is 25.6 Å². The molecule has 112 valence electrons. The summed E-state index contributed by atoms with van der Waals surface area (Å²) in [6.45, 7) is 4.87. The average Bonchev–Trinajstić information content (AvgIpc) is 2.43. The molecule has 2 rings (SSSR count). The van der Waals surface area contributed by atoms with E-state index in [9.17, 15) is 4.39 Å². The minimum absolute atomic E-state index is 0.0194. The summed E-state index contributed by atoms with van der Waals surface area (Å²) in [5.74, 6) is 0.194. The molecule has 0 aliphatic carbocycles. The predicted octanol–water partition coefficient (Wildman–Crippen LogP) is 3.24. The largest absolute Gasteiger partial charge is 0.464 e. The number of halogens is 2. The van der Waals surface area contributed by atoms with Gasteiger partial charge in [-0.3, -0.25) is 0 Å². The first-order valence-electron chi connectivity index (χ1n) is 6.47. The van der Waals surface area contributed by atoms with Crippen LogP contribution in [0.4, 0.5) is 22.0 Å². The fraction of sp³-hybridized carbons (Fsp3) is 0.308. The van der Waals surface area contributed by atoms with E-state index in [-0.39, 0.29) is 17.0 Å². The fourth-order valence-corrected chi connectivity index (χ4v) is 1.73. The molecule has 0 bridgehead atoms. The van der Waals surface area contributed by atoms with Crippen LogP contribution < -0.4 is 15.4 Å². The molecule has 0 radical (unpaired) electrons. The van der Waals surface area contributed by atoms with Crippen molar-refractivity contribution in [2.24, 2.45) is 0 Å². The SMILES string of the molecule is CCNc1nc(Nc2ccc(F)c(Cl)c2)nc(OCC)n1. The highest BCUT2D eigenvalue weighted by Gasteiger charge is 2.08. The molecule has 0 fully saturated rings. The van der Waals surface area contributed by atoms with E-state index in [1.807, 2.05) is 13.8 Å². The molecule has 0 saturated heterocycles. The summed E-state index contributed by atoms with van der Waals surface area (Å²) in [5, 5.41) is 5.94. The molecule has 0 aliphatic rings. The van der Waals surface area contributed by atoms with Gasteiger partial charge in [-0.05, 0) is 32.0 Å². The Labute approximate surface area is 126 Å². The van der Waals surface area contributed by atoms with Gasteiger partial charge < -0.3 is 15.4 Å². The Kier molecular flexibility index (Phi) is 5.10. The van der Waals surface area contributed by atoms with Gasteiger partial charge in [-0.15, -0.1) is 0 Å². The summed E-state index contributed by atoms with van der Waals surface area (Å²) in [7, 11) is 0. The van der Waals surface area contributed by atoms with Crippen LogP contribution >= 0.6 is 11.6 Å². The Morgan fingerprint density at radius 2 is 1.95 bits per heavy atom. The lowest BCUT2D eigenvalue weighted by Crippen LogP contribution is -2.09. The second-order valence-electron chi connectivity index (χ2n) is 3.98. The van der Waals surface area contributed by atoms with E-state index >= 15 is 0 Å². The summed E-state index contributed by atoms with van der Waals surface area (Å²) >= 11 is 5.74. The summed E-state index contributed by atoms with van der Waals surface area (Å²) in [4.78, 5) is 12.4. The molecule has 1 aromatic heterocycles. The van der Waals surface area contributed by atoms with Crippen molar-refractivity contribution in [1.29, 1.82) is 0 Å². The van der Waals surface area contributed by atoms with Gasteiger partial charge in [0.25, 0.3) is 0 Å². The van der Waals surface area contributed by atoms with Crippen molar-refractivity contribution in [3.8, 4) is 6.01 Å². The van der Waals surface area contributed by atoms with Gasteiger partial charge in [0.2, 0.25) is 11.9 Å². The zero-order valence-electron chi connectivity index (χ0n) is 11.7. The first-order valence-corrected chi connectivity index (χ1v) is 6.85. The van der Waals surface area contributed by atoms with Crippen LogP contribution in [-0.2, 0) is 0 Å². The van der Waals surface area contributed by atoms with Crippen LogP contribution in [0.15, 0.2) is 18.2 Å². The van der Waals surface area contributed by atoms with Crippen LogP contribution in [-0.4, -0.2) is 28.1 Å². The molecule has 0 amide bonds. The molecule has 0 atom stereocenters. The third kappa shape index (κ3) is 4.16. The summed E-state index contributed by atoms with van der Waals surface area (Å²) in [5.41, 5.74) is 0.567. The van der Waals surface area contributed by atoms with Crippen molar-refractivity contribution in [2.75, 3.05) is 23.8 Å². The number of rotatable bonds is 6. The number of hydrogen-bond donors (Lipinski definition) is 2. The lowest BCUT2D eigenvalue weighted by molar-refractivity contribution is 0.312.